The summed E-state index contributed by atoms with van der Waals surface area (Å²) in [7, 11) is 2.11. The summed E-state index contributed by atoms with van der Waals surface area (Å²) in [6.45, 7) is 1.84. The quantitative estimate of drug-likeness (QED) is 0.859. The Morgan fingerprint density at radius 1 is 1.10 bits per heavy atom. The zero-order chi connectivity index (χ0) is 14.7. The van der Waals surface area contributed by atoms with E-state index in [1.165, 1.54) is 29.7 Å². The molecule has 0 radical (unpaired) electrons. The normalized spacial score (nSPS) is 14.2. The highest BCUT2D eigenvalue weighted by molar-refractivity contribution is 6.30. The van der Waals surface area contributed by atoms with Crippen LogP contribution in [-0.2, 0) is 13.1 Å². The Balaban J connectivity index is 1.59. The van der Waals surface area contributed by atoms with Gasteiger partial charge in [0.1, 0.15) is 0 Å². The Morgan fingerprint density at radius 3 is 2.52 bits per heavy atom. The molecule has 0 saturated heterocycles. The summed E-state index contributed by atoms with van der Waals surface area (Å²) >= 11 is 6.03. The van der Waals surface area contributed by atoms with Crippen molar-refractivity contribution in [3.05, 3.63) is 64.7 Å². The molecule has 1 saturated carbocycles. The van der Waals surface area contributed by atoms with Crippen LogP contribution in [0.4, 0.5) is 5.69 Å². The molecule has 2 nitrogen and oxygen atoms in total. The van der Waals surface area contributed by atoms with Crippen LogP contribution >= 0.6 is 11.6 Å². The first-order valence-corrected chi connectivity index (χ1v) is 7.86. The third-order valence-corrected chi connectivity index (χ3v) is 4.09. The fraction of sp³-hybridized carbons (Fsp3) is 0.333. The van der Waals surface area contributed by atoms with Crippen LogP contribution in [0.2, 0.25) is 5.02 Å². The molecule has 1 N–H and O–H groups in total. The second-order valence-corrected chi connectivity index (χ2v) is 6.24. The molecule has 3 rings (SSSR count). The predicted octanol–water partition coefficient (Wildman–Crippen LogP) is 4.23. The highest BCUT2D eigenvalue weighted by Gasteiger charge is 2.19. The summed E-state index contributed by atoms with van der Waals surface area (Å²) in [5.74, 6) is 0. The van der Waals surface area contributed by atoms with Crippen LogP contribution in [0.1, 0.15) is 24.0 Å². The van der Waals surface area contributed by atoms with Crippen molar-refractivity contribution in [2.45, 2.75) is 32.0 Å². The monoisotopic (exact) mass is 300 g/mol. The molecule has 2 aromatic carbocycles. The van der Waals surface area contributed by atoms with E-state index in [-0.39, 0.29) is 0 Å². The standard InChI is InChI=1S/C18H21ClN2/c1-21(13-15-3-2-4-16(19)11-15)18-9-5-14(6-10-18)12-20-17-7-8-17/h2-6,9-11,17,20H,7-8,12-13H2,1H3. The second kappa shape index (κ2) is 6.50. The van der Waals surface area contributed by atoms with Gasteiger partial charge in [-0.25, -0.2) is 0 Å². The predicted molar refractivity (Wildman–Crippen MR) is 89.9 cm³/mol. The highest BCUT2D eigenvalue weighted by Crippen LogP contribution is 2.21. The van der Waals surface area contributed by atoms with Crippen LogP contribution in [0, 0.1) is 0 Å². The average Bonchev–Trinajstić information content (AvgIpc) is 3.30. The van der Waals surface area contributed by atoms with Gasteiger partial charge in [-0.1, -0.05) is 35.9 Å². The molecule has 0 spiro atoms. The van der Waals surface area contributed by atoms with E-state index in [9.17, 15) is 0 Å². The number of anilines is 1. The van der Waals surface area contributed by atoms with Gasteiger partial charge in [0.15, 0.2) is 0 Å². The van der Waals surface area contributed by atoms with Crippen LogP contribution in [0.3, 0.4) is 0 Å². The summed E-state index contributed by atoms with van der Waals surface area (Å²) in [6.07, 6.45) is 2.67. The topological polar surface area (TPSA) is 15.3 Å². The molecule has 21 heavy (non-hydrogen) atoms. The molecule has 2 aromatic rings. The minimum absolute atomic E-state index is 0.759. The van der Waals surface area contributed by atoms with E-state index >= 15 is 0 Å². The van der Waals surface area contributed by atoms with Crippen molar-refractivity contribution in [2.75, 3.05) is 11.9 Å². The molecule has 1 aliphatic carbocycles. The van der Waals surface area contributed by atoms with E-state index in [4.69, 9.17) is 11.6 Å². The van der Waals surface area contributed by atoms with Crippen LogP contribution in [0.5, 0.6) is 0 Å². The van der Waals surface area contributed by atoms with Gasteiger partial charge in [0.2, 0.25) is 0 Å². The molecule has 0 bridgehead atoms. The Kier molecular flexibility index (Phi) is 4.47. The van der Waals surface area contributed by atoms with Gasteiger partial charge in [-0.05, 0) is 48.2 Å². The lowest BCUT2D eigenvalue weighted by atomic mass is 10.1. The molecule has 0 heterocycles. The van der Waals surface area contributed by atoms with Crippen LogP contribution in [0.15, 0.2) is 48.5 Å². The molecule has 1 aliphatic rings. The molecule has 3 heteroatoms. The molecular formula is C18H21ClN2. The van der Waals surface area contributed by atoms with E-state index in [1.54, 1.807) is 0 Å². The summed E-state index contributed by atoms with van der Waals surface area (Å²) < 4.78 is 0. The lowest BCUT2D eigenvalue weighted by Crippen LogP contribution is -2.17. The minimum Gasteiger partial charge on any atom is -0.370 e. The SMILES string of the molecule is CN(Cc1cccc(Cl)c1)c1ccc(CNC2CC2)cc1. The molecule has 110 valence electrons. The number of benzene rings is 2. The molecule has 0 amide bonds. The van der Waals surface area contributed by atoms with Crippen LogP contribution in [-0.4, -0.2) is 13.1 Å². The highest BCUT2D eigenvalue weighted by atomic mass is 35.5. The first-order chi connectivity index (χ1) is 10.2. The molecule has 0 unspecified atom stereocenters. The van der Waals surface area contributed by atoms with E-state index < -0.39 is 0 Å². The molecule has 1 fully saturated rings. The number of halogens is 1. The Hall–Kier alpha value is -1.51. The molecule has 0 aromatic heterocycles. The van der Waals surface area contributed by atoms with Gasteiger partial charge in [-0.3, -0.25) is 0 Å². The lowest BCUT2D eigenvalue weighted by molar-refractivity contribution is 0.688. The van der Waals surface area contributed by atoms with Crippen molar-refractivity contribution in [1.82, 2.24) is 5.32 Å². The van der Waals surface area contributed by atoms with Gasteiger partial charge < -0.3 is 10.2 Å². The van der Waals surface area contributed by atoms with Crippen LogP contribution < -0.4 is 10.2 Å². The second-order valence-electron chi connectivity index (χ2n) is 5.81. The third-order valence-electron chi connectivity index (χ3n) is 3.86. The zero-order valence-electron chi connectivity index (χ0n) is 12.3. The first kappa shape index (κ1) is 14.4. The fourth-order valence-electron chi connectivity index (χ4n) is 2.42. The van der Waals surface area contributed by atoms with E-state index in [2.05, 4.69) is 47.6 Å². The zero-order valence-corrected chi connectivity index (χ0v) is 13.1. The first-order valence-electron chi connectivity index (χ1n) is 7.48. The van der Waals surface area contributed by atoms with Gasteiger partial charge in [0.05, 0.1) is 0 Å². The Morgan fingerprint density at radius 2 is 1.86 bits per heavy atom. The maximum Gasteiger partial charge on any atom is 0.0426 e. The largest absolute Gasteiger partial charge is 0.370 e. The molecule has 0 atom stereocenters. The number of nitrogens with one attached hydrogen (secondary N) is 1. The maximum atomic E-state index is 6.03. The summed E-state index contributed by atoms with van der Waals surface area (Å²) in [6, 6.07) is 17.6. The van der Waals surface area contributed by atoms with Gasteiger partial charge >= 0.3 is 0 Å². The summed E-state index contributed by atoms with van der Waals surface area (Å²) in [5.41, 5.74) is 3.80. The minimum atomic E-state index is 0.759. The van der Waals surface area contributed by atoms with Gasteiger partial charge in [-0.15, -0.1) is 0 Å². The van der Waals surface area contributed by atoms with Crippen molar-refractivity contribution >= 4 is 17.3 Å². The van der Waals surface area contributed by atoms with Crippen molar-refractivity contribution in [3.63, 3.8) is 0 Å². The van der Waals surface area contributed by atoms with E-state index in [1.807, 2.05) is 18.2 Å². The van der Waals surface area contributed by atoms with E-state index in [0.29, 0.717) is 0 Å². The van der Waals surface area contributed by atoms with Gasteiger partial charge in [0, 0.05) is 36.9 Å². The number of rotatable bonds is 6. The van der Waals surface area contributed by atoms with Crippen molar-refractivity contribution in [1.29, 1.82) is 0 Å². The number of hydrogen-bond acceptors (Lipinski definition) is 2. The summed E-state index contributed by atoms with van der Waals surface area (Å²) in [5, 5.41) is 4.33. The molecule has 0 aliphatic heterocycles. The van der Waals surface area contributed by atoms with Crippen molar-refractivity contribution in [2.24, 2.45) is 0 Å². The Bertz CT molecular complexity index is 590. The summed E-state index contributed by atoms with van der Waals surface area (Å²) in [4.78, 5) is 2.24. The van der Waals surface area contributed by atoms with E-state index in [0.717, 1.165) is 24.2 Å². The fourth-order valence-corrected chi connectivity index (χ4v) is 2.63. The maximum absolute atomic E-state index is 6.03. The lowest BCUT2D eigenvalue weighted by Gasteiger charge is -2.20. The van der Waals surface area contributed by atoms with Crippen molar-refractivity contribution in [3.8, 4) is 0 Å². The number of hydrogen-bond donors (Lipinski definition) is 1. The number of nitrogens with zero attached hydrogens (tertiary/aromatic N) is 1. The van der Waals surface area contributed by atoms with Gasteiger partial charge in [0.25, 0.3) is 0 Å². The van der Waals surface area contributed by atoms with Crippen molar-refractivity contribution < 1.29 is 0 Å². The van der Waals surface area contributed by atoms with Crippen LogP contribution in [0.25, 0.3) is 0 Å². The van der Waals surface area contributed by atoms with Gasteiger partial charge in [-0.2, -0.15) is 0 Å². The third kappa shape index (κ3) is 4.23. The average molecular weight is 301 g/mol. The smallest absolute Gasteiger partial charge is 0.0426 e. The molecular weight excluding hydrogens is 280 g/mol. The Labute approximate surface area is 131 Å².